The maximum atomic E-state index is 12.1. The van der Waals surface area contributed by atoms with E-state index in [1.54, 1.807) is 13.0 Å². The van der Waals surface area contributed by atoms with Gasteiger partial charge in [0.25, 0.3) is 11.6 Å². The summed E-state index contributed by atoms with van der Waals surface area (Å²) in [6.45, 7) is 6.38. The van der Waals surface area contributed by atoms with E-state index >= 15 is 0 Å². The lowest BCUT2D eigenvalue weighted by molar-refractivity contribution is -0.385. The summed E-state index contributed by atoms with van der Waals surface area (Å²) in [4.78, 5) is 24.5. The minimum Gasteiger partial charge on any atom is -0.350 e. The van der Waals surface area contributed by atoms with Gasteiger partial charge in [-0.1, -0.05) is 13.8 Å². The average molecular weight is 293 g/mol. The maximum absolute atomic E-state index is 12.1. The van der Waals surface area contributed by atoms with Crippen LogP contribution >= 0.6 is 0 Å². The van der Waals surface area contributed by atoms with Gasteiger partial charge in [-0.3, -0.25) is 14.9 Å². The quantitative estimate of drug-likeness (QED) is 0.644. The number of likely N-dealkylation sites (N-methyl/N-ethyl adjacent to an activating group) is 1. The first-order chi connectivity index (χ1) is 9.73. The van der Waals surface area contributed by atoms with Crippen molar-refractivity contribution in [3.8, 4) is 0 Å². The SMILES string of the molecule is Cc1cc(C(=O)NC[C@H](C(C)C)N(C)C)ccc1[N+](=O)[O-]. The molecule has 0 aromatic heterocycles. The molecule has 1 aromatic carbocycles. The molecule has 116 valence electrons. The van der Waals surface area contributed by atoms with Crippen LogP contribution in [0, 0.1) is 23.0 Å². The molecule has 1 N–H and O–H groups in total. The molecular weight excluding hydrogens is 270 g/mol. The van der Waals surface area contributed by atoms with E-state index in [9.17, 15) is 14.9 Å². The Bertz CT molecular complexity index is 519. The van der Waals surface area contributed by atoms with Gasteiger partial charge in [-0.2, -0.15) is 0 Å². The van der Waals surface area contributed by atoms with Gasteiger partial charge in [0.2, 0.25) is 0 Å². The summed E-state index contributed by atoms with van der Waals surface area (Å²) in [6.07, 6.45) is 0. The van der Waals surface area contributed by atoms with Crippen molar-refractivity contribution in [2.45, 2.75) is 26.8 Å². The number of nitro groups is 1. The molecule has 1 rings (SSSR count). The Morgan fingerprint density at radius 1 is 1.38 bits per heavy atom. The largest absolute Gasteiger partial charge is 0.350 e. The van der Waals surface area contributed by atoms with Crippen LogP contribution < -0.4 is 5.32 Å². The highest BCUT2D eigenvalue weighted by Gasteiger charge is 2.18. The third-order valence-corrected chi connectivity index (χ3v) is 3.56. The van der Waals surface area contributed by atoms with Crippen molar-refractivity contribution in [3.05, 3.63) is 39.4 Å². The Balaban J connectivity index is 2.76. The van der Waals surface area contributed by atoms with Crippen LogP contribution in [-0.2, 0) is 0 Å². The Labute approximate surface area is 125 Å². The summed E-state index contributed by atoms with van der Waals surface area (Å²) in [6, 6.07) is 4.65. The predicted octanol–water partition coefficient (Wildman–Crippen LogP) is 2.22. The first-order valence-electron chi connectivity index (χ1n) is 6.93. The second kappa shape index (κ2) is 7.17. The highest BCUT2D eigenvalue weighted by Crippen LogP contribution is 2.18. The molecule has 0 aliphatic carbocycles. The zero-order chi connectivity index (χ0) is 16.2. The van der Waals surface area contributed by atoms with Crippen molar-refractivity contribution in [2.24, 2.45) is 5.92 Å². The minimum atomic E-state index is -0.447. The fourth-order valence-corrected chi connectivity index (χ4v) is 2.32. The lowest BCUT2D eigenvalue weighted by atomic mass is 10.0. The Kier molecular flexibility index (Phi) is 5.84. The number of rotatable bonds is 6. The van der Waals surface area contributed by atoms with Crippen LogP contribution in [0.4, 0.5) is 5.69 Å². The lowest BCUT2D eigenvalue weighted by Gasteiger charge is -2.28. The molecule has 0 saturated heterocycles. The van der Waals surface area contributed by atoms with E-state index in [2.05, 4.69) is 24.1 Å². The second-order valence-corrected chi connectivity index (χ2v) is 5.74. The summed E-state index contributed by atoms with van der Waals surface area (Å²) in [5.41, 5.74) is 0.958. The van der Waals surface area contributed by atoms with Gasteiger partial charge in [0, 0.05) is 29.8 Å². The van der Waals surface area contributed by atoms with Crippen LogP contribution in [0.2, 0.25) is 0 Å². The van der Waals surface area contributed by atoms with Crippen LogP contribution in [-0.4, -0.2) is 42.4 Å². The molecule has 1 amide bonds. The molecule has 6 heteroatoms. The Morgan fingerprint density at radius 2 is 2.00 bits per heavy atom. The summed E-state index contributed by atoms with van der Waals surface area (Å²) in [5.74, 6) is 0.208. The highest BCUT2D eigenvalue weighted by molar-refractivity contribution is 5.94. The van der Waals surface area contributed by atoms with E-state index in [1.807, 2.05) is 14.1 Å². The number of carbonyl (C=O) groups excluding carboxylic acids is 1. The second-order valence-electron chi connectivity index (χ2n) is 5.74. The fourth-order valence-electron chi connectivity index (χ4n) is 2.32. The van der Waals surface area contributed by atoms with E-state index in [0.29, 0.717) is 23.6 Å². The molecule has 1 atom stereocenters. The fraction of sp³-hybridized carbons (Fsp3) is 0.533. The van der Waals surface area contributed by atoms with Gasteiger partial charge in [0.05, 0.1) is 4.92 Å². The molecule has 0 unspecified atom stereocenters. The van der Waals surface area contributed by atoms with Crippen molar-refractivity contribution in [1.29, 1.82) is 0 Å². The van der Waals surface area contributed by atoms with E-state index in [1.165, 1.54) is 12.1 Å². The number of carbonyl (C=O) groups is 1. The molecule has 0 spiro atoms. The van der Waals surface area contributed by atoms with Crippen molar-refractivity contribution in [1.82, 2.24) is 10.2 Å². The molecule has 0 fully saturated rings. The van der Waals surface area contributed by atoms with Crippen molar-refractivity contribution in [2.75, 3.05) is 20.6 Å². The standard InChI is InChI=1S/C15H23N3O3/c1-10(2)14(17(4)5)9-16-15(19)12-6-7-13(18(20)21)11(3)8-12/h6-8,10,14H,9H2,1-5H3,(H,16,19)/t14-/m1/s1. The van der Waals surface area contributed by atoms with E-state index < -0.39 is 4.92 Å². The normalized spacial score (nSPS) is 12.5. The van der Waals surface area contributed by atoms with Crippen LogP contribution in [0.3, 0.4) is 0 Å². The van der Waals surface area contributed by atoms with Crippen LogP contribution in [0.15, 0.2) is 18.2 Å². The highest BCUT2D eigenvalue weighted by atomic mass is 16.6. The molecule has 0 aliphatic rings. The molecule has 0 saturated carbocycles. The number of benzene rings is 1. The number of aryl methyl sites for hydroxylation is 1. The molecule has 0 aliphatic heterocycles. The molecule has 1 aromatic rings. The first-order valence-corrected chi connectivity index (χ1v) is 6.93. The van der Waals surface area contributed by atoms with Crippen LogP contribution in [0.25, 0.3) is 0 Å². The average Bonchev–Trinajstić information content (AvgIpc) is 2.37. The van der Waals surface area contributed by atoms with Crippen molar-refractivity contribution >= 4 is 11.6 Å². The molecule has 6 nitrogen and oxygen atoms in total. The minimum absolute atomic E-state index is 0.0277. The number of hydrogen-bond acceptors (Lipinski definition) is 4. The molecule has 0 heterocycles. The van der Waals surface area contributed by atoms with Gasteiger partial charge in [0.15, 0.2) is 0 Å². The van der Waals surface area contributed by atoms with Gasteiger partial charge >= 0.3 is 0 Å². The monoisotopic (exact) mass is 293 g/mol. The number of nitrogens with zero attached hydrogens (tertiary/aromatic N) is 2. The van der Waals surface area contributed by atoms with E-state index in [-0.39, 0.29) is 17.6 Å². The number of nitro benzene ring substituents is 1. The van der Waals surface area contributed by atoms with Gasteiger partial charge < -0.3 is 10.2 Å². The Hall–Kier alpha value is -1.95. The predicted molar refractivity (Wildman–Crippen MR) is 82.5 cm³/mol. The number of amides is 1. The van der Waals surface area contributed by atoms with Gasteiger partial charge in [-0.05, 0) is 39.1 Å². The first kappa shape index (κ1) is 17.1. The van der Waals surface area contributed by atoms with E-state index in [4.69, 9.17) is 0 Å². The van der Waals surface area contributed by atoms with Crippen LogP contribution in [0.5, 0.6) is 0 Å². The van der Waals surface area contributed by atoms with Crippen molar-refractivity contribution < 1.29 is 9.72 Å². The van der Waals surface area contributed by atoms with Crippen LogP contribution in [0.1, 0.15) is 29.8 Å². The lowest BCUT2D eigenvalue weighted by Crippen LogP contribution is -2.43. The topological polar surface area (TPSA) is 75.5 Å². The molecular formula is C15H23N3O3. The molecule has 0 bridgehead atoms. The summed E-state index contributed by atoms with van der Waals surface area (Å²) in [5, 5.41) is 13.7. The maximum Gasteiger partial charge on any atom is 0.272 e. The Morgan fingerprint density at radius 3 is 2.43 bits per heavy atom. The smallest absolute Gasteiger partial charge is 0.272 e. The molecule has 0 radical (unpaired) electrons. The summed E-state index contributed by atoms with van der Waals surface area (Å²) < 4.78 is 0. The zero-order valence-corrected chi connectivity index (χ0v) is 13.2. The zero-order valence-electron chi connectivity index (χ0n) is 13.2. The summed E-state index contributed by atoms with van der Waals surface area (Å²) in [7, 11) is 3.96. The van der Waals surface area contributed by atoms with Gasteiger partial charge in [0.1, 0.15) is 0 Å². The third-order valence-electron chi connectivity index (χ3n) is 3.56. The summed E-state index contributed by atoms with van der Waals surface area (Å²) >= 11 is 0. The number of hydrogen-bond donors (Lipinski definition) is 1. The number of nitrogens with one attached hydrogen (secondary N) is 1. The van der Waals surface area contributed by atoms with Gasteiger partial charge in [-0.25, -0.2) is 0 Å². The van der Waals surface area contributed by atoms with Crippen molar-refractivity contribution in [3.63, 3.8) is 0 Å². The molecule has 21 heavy (non-hydrogen) atoms. The van der Waals surface area contributed by atoms with Gasteiger partial charge in [-0.15, -0.1) is 0 Å². The third kappa shape index (κ3) is 4.53. The van der Waals surface area contributed by atoms with E-state index in [0.717, 1.165) is 0 Å².